The number of carboxylic acids is 1. The number of rotatable bonds is 1. The van der Waals surface area contributed by atoms with E-state index in [9.17, 15) is 4.79 Å². The molecule has 2 nitrogen and oxygen atoms in total. The number of fused-ring (bicyclic) bond motifs is 1. The van der Waals surface area contributed by atoms with Gasteiger partial charge in [-0.1, -0.05) is 6.42 Å². The molecule has 1 atom stereocenters. The van der Waals surface area contributed by atoms with Gasteiger partial charge < -0.3 is 5.11 Å². The molecule has 1 N–H and O–H groups in total. The van der Waals surface area contributed by atoms with Crippen molar-refractivity contribution in [3.05, 3.63) is 0 Å². The summed E-state index contributed by atoms with van der Waals surface area (Å²) in [5.74, 6) is -0.467. The van der Waals surface area contributed by atoms with E-state index in [0.717, 1.165) is 0 Å². The summed E-state index contributed by atoms with van der Waals surface area (Å²) in [6, 6.07) is 0. The highest BCUT2D eigenvalue weighted by atomic mass is 16.4. The molecule has 0 heterocycles. The van der Waals surface area contributed by atoms with E-state index in [1.165, 1.54) is 32.1 Å². The van der Waals surface area contributed by atoms with E-state index in [-0.39, 0.29) is 5.92 Å². The quantitative estimate of drug-likeness (QED) is 0.620. The molecule has 11 heavy (non-hydrogen) atoms. The molecule has 3 rings (SSSR count). The Labute approximate surface area is 65.6 Å². The predicted molar refractivity (Wildman–Crippen MR) is 39.1 cm³/mol. The summed E-state index contributed by atoms with van der Waals surface area (Å²) in [6.07, 6.45) is 6.06. The zero-order chi connectivity index (χ0) is 7.69. The molecule has 3 saturated carbocycles. The van der Waals surface area contributed by atoms with Crippen molar-refractivity contribution in [1.29, 1.82) is 0 Å². The minimum atomic E-state index is -0.526. The summed E-state index contributed by atoms with van der Waals surface area (Å²) < 4.78 is 0. The summed E-state index contributed by atoms with van der Waals surface area (Å²) in [5.41, 5.74) is 0.649. The minimum Gasteiger partial charge on any atom is -0.481 e. The molecular weight excluding hydrogens is 140 g/mol. The van der Waals surface area contributed by atoms with Gasteiger partial charge in [0, 0.05) is 0 Å². The van der Waals surface area contributed by atoms with E-state index in [4.69, 9.17) is 5.11 Å². The van der Waals surface area contributed by atoms with Gasteiger partial charge in [-0.2, -0.15) is 0 Å². The maximum absolute atomic E-state index is 10.8. The first-order valence-corrected chi connectivity index (χ1v) is 4.46. The number of hydrogen-bond acceptors (Lipinski definition) is 1. The lowest BCUT2D eigenvalue weighted by molar-refractivity contribution is -0.140. The summed E-state index contributed by atoms with van der Waals surface area (Å²) >= 11 is 0. The van der Waals surface area contributed by atoms with E-state index in [2.05, 4.69) is 0 Å². The Morgan fingerprint density at radius 2 is 1.73 bits per heavy atom. The Morgan fingerprint density at radius 1 is 1.18 bits per heavy atom. The number of aliphatic carboxylic acids is 1. The fraction of sp³-hybridized carbons (Fsp3) is 0.889. The lowest BCUT2D eigenvalue weighted by Gasteiger charge is -2.27. The largest absolute Gasteiger partial charge is 0.481 e. The molecule has 0 aromatic rings. The molecule has 0 saturated heterocycles. The zero-order valence-electron chi connectivity index (χ0n) is 6.47. The van der Waals surface area contributed by atoms with E-state index in [1.54, 1.807) is 0 Å². The van der Waals surface area contributed by atoms with Gasteiger partial charge in [0.1, 0.15) is 0 Å². The lowest BCUT2D eigenvalue weighted by Crippen LogP contribution is -2.19. The third kappa shape index (κ3) is 0.420. The first kappa shape index (κ1) is 6.04. The van der Waals surface area contributed by atoms with Crippen LogP contribution >= 0.6 is 0 Å². The first-order chi connectivity index (χ1) is 5.23. The standard InChI is InChI=1S/C9H12O2/c10-7(11)6-8(2-1-3-8)9(6)4-5-9/h6H,1-5H2,(H,10,11). The van der Waals surface area contributed by atoms with E-state index in [0.29, 0.717) is 10.8 Å². The molecule has 2 spiro atoms. The summed E-state index contributed by atoms with van der Waals surface area (Å²) in [7, 11) is 0. The van der Waals surface area contributed by atoms with Crippen molar-refractivity contribution in [2.24, 2.45) is 16.7 Å². The van der Waals surface area contributed by atoms with Gasteiger partial charge in [0.05, 0.1) is 5.92 Å². The highest BCUT2D eigenvalue weighted by Crippen LogP contribution is 2.88. The van der Waals surface area contributed by atoms with Gasteiger partial charge in [0.25, 0.3) is 0 Å². The number of carbonyl (C=O) groups is 1. The van der Waals surface area contributed by atoms with Gasteiger partial charge in [-0.3, -0.25) is 4.79 Å². The van der Waals surface area contributed by atoms with Gasteiger partial charge in [-0.25, -0.2) is 0 Å². The maximum atomic E-state index is 10.8. The van der Waals surface area contributed by atoms with Crippen molar-refractivity contribution in [2.75, 3.05) is 0 Å². The molecular formula is C9H12O2. The fourth-order valence-electron chi connectivity index (χ4n) is 3.48. The number of hydrogen-bond donors (Lipinski definition) is 1. The van der Waals surface area contributed by atoms with Crippen molar-refractivity contribution in [1.82, 2.24) is 0 Å². The third-order valence-corrected chi connectivity index (χ3v) is 4.29. The molecule has 60 valence electrons. The highest BCUT2D eigenvalue weighted by molar-refractivity contribution is 5.79. The Hall–Kier alpha value is -0.530. The predicted octanol–water partition coefficient (Wildman–Crippen LogP) is 1.65. The second kappa shape index (κ2) is 1.35. The molecule has 0 aromatic carbocycles. The average molecular weight is 152 g/mol. The van der Waals surface area contributed by atoms with E-state index >= 15 is 0 Å². The van der Waals surface area contributed by atoms with Crippen LogP contribution in [-0.2, 0) is 4.79 Å². The van der Waals surface area contributed by atoms with Crippen LogP contribution in [0.15, 0.2) is 0 Å². The van der Waals surface area contributed by atoms with Crippen LogP contribution in [0.25, 0.3) is 0 Å². The fourth-order valence-corrected chi connectivity index (χ4v) is 3.48. The first-order valence-electron chi connectivity index (χ1n) is 4.46. The Balaban J connectivity index is 1.93. The van der Waals surface area contributed by atoms with Gasteiger partial charge in [0.2, 0.25) is 0 Å². The molecule has 1 unspecified atom stereocenters. The van der Waals surface area contributed by atoms with E-state index in [1.807, 2.05) is 0 Å². The SMILES string of the molecule is O=C(O)C1C2(CCC2)C12CC2. The zero-order valence-corrected chi connectivity index (χ0v) is 6.47. The lowest BCUT2D eigenvalue weighted by atomic mass is 9.78. The Bertz CT molecular complexity index is 236. The normalized spacial score (nSPS) is 40.2. The average Bonchev–Trinajstić information content (AvgIpc) is 2.67. The molecule has 0 bridgehead atoms. The monoisotopic (exact) mass is 152 g/mol. The molecule has 0 amide bonds. The van der Waals surface area contributed by atoms with Gasteiger partial charge in [0.15, 0.2) is 0 Å². The summed E-state index contributed by atoms with van der Waals surface area (Å²) in [5, 5.41) is 8.93. The molecule has 3 aliphatic carbocycles. The molecule has 3 fully saturated rings. The van der Waals surface area contributed by atoms with Crippen LogP contribution in [-0.4, -0.2) is 11.1 Å². The highest BCUT2D eigenvalue weighted by Gasteiger charge is 2.85. The van der Waals surface area contributed by atoms with Crippen LogP contribution in [0.5, 0.6) is 0 Å². The van der Waals surface area contributed by atoms with Crippen molar-refractivity contribution < 1.29 is 9.90 Å². The summed E-state index contributed by atoms with van der Waals surface area (Å²) in [4.78, 5) is 10.8. The minimum absolute atomic E-state index is 0.0590. The molecule has 0 radical (unpaired) electrons. The van der Waals surface area contributed by atoms with E-state index < -0.39 is 5.97 Å². The van der Waals surface area contributed by atoms with Crippen LogP contribution < -0.4 is 0 Å². The molecule has 2 heteroatoms. The smallest absolute Gasteiger partial charge is 0.307 e. The third-order valence-electron chi connectivity index (χ3n) is 4.29. The van der Waals surface area contributed by atoms with Crippen LogP contribution in [0.2, 0.25) is 0 Å². The molecule has 3 aliphatic rings. The van der Waals surface area contributed by atoms with Crippen LogP contribution in [0.1, 0.15) is 32.1 Å². The molecule has 0 aliphatic heterocycles. The van der Waals surface area contributed by atoms with Gasteiger partial charge >= 0.3 is 5.97 Å². The Morgan fingerprint density at radius 3 is 1.82 bits per heavy atom. The topological polar surface area (TPSA) is 37.3 Å². The summed E-state index contributed by atoms with van der Waals surface area (Å²) in [6.45, 7) is 0. The molecule has 0 aromatic heterocycles. The van der Waals surface area contributed by atoms with Crippen molar-refractivity contribution >= 4 is 5.97 Å². The van der Waals surface area contributed by atoms with Crippen LogP contribution in [0.3, 0.4) is 0 Å². The second-order valence-corrected chi connectivity index (χ2v) is 4.44. The number of carboxylic acid groups (broad SMARTS) is 1. The van der Waals surface area contributed by atoms with Crippen LogP contribution in [0, 0.1) is 16.7 Å². The van der Waals surface area contributed by atoms with Crippen molar-refractivity contribution in [3.63, 3.8) is 0 Å². The van der Waals surface area contributed by atoms with Crippen molar-refractivity contribution in [2.45, 2.75) is 32.1 Å². The maximum Gasteiger partial charge on any atom is 0.307 e. The second-order valence-electron chi connectivity index (χ2n) is 4.44. The van der Waals surface area contributed by atoms with Crippen molar-refractivity contribution in [3.8, 4) is 0 Å². The van der Waals surface area contributed by atoms with Crippen LogP contribution in [0.4, 0.5) is 0 Å². The van der Waals surface area contributed by atoms with Gasteiger partial charge in [-0.05, 0) is 36.5 Å². The van der Waals surface area contributed by atoms with Gasteiger partial charge in [-0.15, -0.1) is 0 Å². The Kier molecular flexibility index (Phi) is 0.739.